The summed E-state index contributed by atoms with van der Waals surface area (Å²) in [5.41, 5.74) is 0. The quantitative estimate of drug-likeness (QED) is 0.0485. The highest BCUT2D eigenvalue weighted by atomic mass is 15.1. The maximum Gasteiger partial charge on any atom is 0.256 e. The van der Waals surface area contributed by atoms with E-state index in [0.29, 0.717) is 0 Å². The van der Waals surface area contributed by atoms with Crippen molar-refractivity contribution >= 4 is 0 Å². The van der Waals surface area contributed by atoms with E-state index in [0.717, 1.165) is 0 Å². The van der Waals surface area contributed by atoms with Crippen molar-refractivity contribution in [3.05, 3.63) is 18.2 Å². The fourth-order valence-electron chi connectivity index (χ4n) is 7.74. The number of hydrogen-bond acceptors (Lipinski definition) is 0. The molecule has 0 radical (unpaired) electrons. The Bertz CT molecular complexity index is 736. The highest BCUT2D eigenvalue weighted by molar-refractivity contribution is 4.84. The third-order valence-electron chi connectivity index (χ3n) is 11.1. The second-order valence-electron chi connectivity index (χ2n) is 15.9. The molecule has 0 amide bonds. The zero-order valence-corrected chi connectivity index (χ0v) is 33.8. The zero-order chi connectivity index (χ0) is 34.4. The van der Waals surface area contributed by atoms with Crippen LogP contribution in [0, 0.1) is 0 Å². The fraction of sp³-hybridized carbons (Fsp3) is 0.935. The number of aromatic nitrogens is 2. The van der Waals surface area contributed by atoms with Crippen molar-refractivity contribution in [1.29, 1.82) is 0 Å². The van der Waals surface area contributed by atoms with Crippen LogP contribution < -0.4 is 4.57 Å². The van der Waals surface area contributed by atoms with Crippen molar-refractivity contribution in [3.63, 3.8) is 0 Å². The third-order valence-corrected chi connectivity index (χ3v) is 11.1. The summed E-state index contributed by atoms with van der Waals surface area (Å²) in [6.07, 6.45) is 59.3. The number of hydrogen-bond donors (Lipinski definition) is 0. The average Bonchev–Trinajstić information content (AvgIpc) is 3.48. The average molecular weight is 672 g/mol. The van der Waals surface area contributed by atoms with Crippen molar-refractivity contribution in [2.24, 2.45) is 0 Å². The van der Waals surface area contributed by atoms with E-state index in [-0.39, 0.29) is 0 Å². The lowest BCUT2D eigenvalue weighted by molar-refractivity contribution is -0.704. The molecule has 0 unspecified atom stereocenters. The molecule has 0 saturated heterocycles. The van der Waals surface area contributed by atoms with Crippen molar-refractivity contribution < 1.29 is 4.57 Å². The lowest BCUT2D eigenvalue weighted by Crippen LogP contribution is -2.37. The Kier molecular flexibility index (Phi) is 35.3. The van der Waals surface area contributed by atoms with Crippen LogP contribution in [0.15, 0.2) is 12.4 Å². The van der Waals surface area contributed by atoms with E-state index < -0.39 is 0 Å². The normalized spacial score (nSPS) is 11.6. The molecule has 0 saturated carbocycles. The highest BCUT2D eigenvalue weighted by Crippen LogP contribution is 2.16. The molecule has 1 aromatic rings. The lowest BCUT2D eigenvalue weighted by atomic mass is 10.0. The summed E-state index contributed by atoms with van der Waals surface area (Å²) in [6.45, 7) is 9.41. The van der Waals surface area contributed by atoms with Crippen molar-refractivity contribution in [3.8, 4) is 0 Å². The number of nitrogens with zero attached hydrogens (tertiary/aromatic N) is 2. The molecule has 2 nitrogen and oxygen atoms in total. The van der Waals surface area contributed by atoms with Gasteiger partial charge in [0, 0.05) is 6.42 Å². The minimum absolute atomic E-state index is 1.23. The molecule has 1 rings (SSSR count). The second kappa shape index (κ2) is 37.5. The van der Waals surface area contributed by atoms with Crippen LogP contribution in [-0.2, 0) is 19.5 Å². The first kappa shape index (κ1) is 45.2. The Hall–Kier alpha value is -0.790. The molecule has 0 bridgehead atoms. The summed E-state index contributed by atoms with van der Waals surface area (Å²) in [5, 5.41) is 0. The molecule has 48 heavy (non-hydrogen) atoms. The lowest BCUT2D eigenvalue weighted by Gasteiger charge is -2.07. The smallest absolute Gasteiger partial charge is 0.234 e. The van der Waals surface area contributed by atoms with E-state index in [9.17, 15) is 0 Å². The van der Waals surface area contributed by atoms with Crippen LogP contribution in [0.1, 0.15) is 264 Å². The Morgan fingerprint density at radius 2 is 0.646 bits per heavy atom. The summed E-state index contributed by atoms with van der Waals surface area (Å²) >= 11 is 0. The van der Waals surface area contributed by atoms with E-state index in [1.165, 1.54) is 257 Å². The van der Waals surface area contributed by atoms with Gasteiger partial charge in [-0.15, -0.1) is 0 Å². The molecule has 284 valence electrons. The van der Waals surface area contributed by atoms with Crippen molar-refractivity contribution in [2.75, 3.05) is 0 Å². The predicted octanol–water partition coefficient (Wildman–Crippen LogP) is 15.8. The molecule has 0 fully saturated rings. The van der Waals surface area contributed by atoms with Crippen LogP contribution in [-0.4, -0.2) is 4.57 Å². The minimum Gasteiger partial charge on any atom is -0.234 e. The van der Waals surface area contributed by atoms with Gasteiger partial charge in [0.1, 0.15) is 12.4 Å². The number of rotatable bonds is 40. The molecule has 1 aromatic heterocycles. The summed E-state index contributed by atoms with van der Waals surface area (Å²) in [4.78, 5) is 0. The van der Waals surface area contributed by atoms with Crippen LogP contribution in [0.2, 0.25) is 0 Å². The summed E-state index contributed by atoms with van der Waals surface area (Å²) in [7, 11) is 0. The van der Waals surface area contributed by atoms with Gasteiger partial charge < -0.3 is 0 Å². The monoisotopic (exact) mass is 672 g/mol. The molecular weight excluding hydrogens is 581 g/mol. The standard InChI is InChI=1S/C46H91N2/c1-4-7-10-13-16-19-21-23-25-27-29-31-34-37-40-43-48-45-44-47(42-39-36-33-18-15-12-9-6-3)46(48)41-38-35-32-30-28-26-24-22-20-17-14-11-8-5-2/h44-45H,4-43H2,1-3H3/q+1. The van der Waals surface area contributed by atoms with E-state index in [4.69, 9.17) is 0 Å². The molecule has 0 spiro atoms. The van der Waals surface area contributed by atoms with Crippen LogP contribution >= 0.6 is 0 Å². The van der Waals surface area contributed by atoms with Gasteiger partial charge in [-0.2, -0.15) is 0 Å². The van der Waals surface area contributed by atoms with Gasteiger partial charge in [0.05, 0.1) is 13.1 Å². The van der Waals surface area contributed by atoms with Crippen LogP contribution in [0.5, 0.6) is 0 Å². The number of unbranched alkanes of at least 4 members (excludes halogenated alkanes) is 34. The zero-order valence-electron chi connectivity index (χ0n) is 33.8. The molecule has 0 atom stereocenters. The minimum atomic E-state index is 1.23. The van der Waals surface area contributed by atoms with E-state index >= 15 is 0 Å². The first-order chi connectivity index (χ1) is 23.8. The number of aryl methyl sites for hydroxylation is 2. The van der Waals surface area contributed by atoms with Gasteiger partial charge in [0.25, 0.3) is 5.82 Å². The Labute approximate surface area is 304 Å². The van der Waals surface area contributed by atoms with Crippen LogP contribution in [0.25, 0.3) is 0 Å². The summed E-state index contributed by atoms with van der Waals surface area (Å²) < 4.78 is 5.29. The van der Waals surface area contributed by atoms with E-state index in [2.05, 4.69) is 42.3 Å². The van der Waals surface area contributed by atoms with Gasteiger partial charge in [-0.3, -0.25) is 0 Å². The molecule has 0 aromatic carbocycles. The summed E-state index contributed by atoms with van der Waals surface area (Å²) in [5.74, 6) is 1.63. The van der Waals surface area contributed by atoms with Gasteiger partial charge in [0.2, 0.25) is 0 Å². The molecule has 2 heteroatoms. The van der Waals surface area contributed by atoms with Gasteiger partial charge in [-0.1, -0.05) is 226 Å². The second-order valence-corrected chi connectivity index (χ2v) is 15.9. The van der Waals surface area contributed by atoms with Crippen LogP contribution in [0.3, 0.4) is 0 Å². The molecule has 0 aliphatic carbocycles. The van der Waals surface area contributed by atoms with E-state index in [1.807, 2.05) is 0 Å². The van der Waals surface area contributed by atoms with E-state index in [1.54, 1.807) is 5.82 Å². The molecular formula is C46H91N2+. The highest BCUT2D eigenvalue weighted by Gasteiger charge is 2.16. The van der Waals surface area contributed by atoms with Crippen LogP contribution in [0.4, 0.5) is 0 Å². The maximum atomic E-state index is 2.65. The van der Waals surface area contributed by atoms with Crippen molar-refractivity contribution in [2.45, 2.75) is 278 Å². The van der Waals surface area contributed by atoms with Gasteiger partial charge in [0.15, 0.2) is 0 Å². The van der Waals surface area contributed by atoms with Crippen molar-refractivity contribution in [1.82, 2.24) is 4.57 Å². The molecule has 1 heterocycles. The largest absolute Gasteiger partial charge is 0.256 e. The Morgan fingerprint density at radius 1 is 0.354 bits per heavy atom. The molecule has 0 aliphatic rings. The number of imidazole rings is 1. The van der Waals surface area contributed by atoms with Gasteiger partial charge in [-0.05, 0) is 32.1 Å². The van der Waals surface area contributed by atoms with Gasteiger partial charge in [-0.25, -0.2) is 9.13 Å². The Morgan fingerprint density at radius 3 is 1.00 bits per heavy atom. The predicted molar refractivity (Wildman–Crippen MR) is 216 cm³/mol. The third kappa shape index (κ3) is 29.0. The molecule has 0 N–H and O–H groups in total. The topological polar surface area (TPSA) is 8.81 Å². The molecule has 0 aliphatic heterocycles. The SMILES string of the molecule is CCCCCCCCCCCCCCCCC[n+]1ccn(CCCCCCCCCC)c1CCCCCCCCCCCCCCCC. The Balaban J connectivity index is 2.24. The first-order valence-corrected chi connectivity index (χ1v) is 22.9. The summed E-state index contributed by atoms with van der Waals surface area (Å²) in [6, 6.07) is 0. The maximum absolute atomic E-state index is 2.65. The van der Waals surface area contributed by atoms with Gasteiger partial charge >= 0.3 is 0 Å². The first-order valence-electron chi connectivity index (χ1n) is 22.9. The fourth-order valence-corrected chi connectivity index (χ4v) is 7.74.